The number of carbonyl (C=O) groups is 1. The quantitative estimate of drug-likeness (QED) is 0.613. The molecule has 35 heavy (non-hydrogen) atoms. The first kappa shape index (κ1) is 21.9. The van der Waals surface area contributed by atoms with Gasteiger partial charge in [-0.2, -0.15) is 0 Å². The number of aromatic nitrogens is 2. The second kappa shape index (κ2) is 8.25. The molecular formula is C27H28N4O4. The Morgan fingerprint density at radius 1 is 1.26 bits per heavy atom. The average Bonchev–Trinajstić information content (AvgIpc) is 3.15. The number of carboxylic acids is 1. The first-order valence-electron chi connectivity index (χ1n) is 12.0. The molecule has 6 rings (SSSR count). The lowest BCUT2D eigenvalue weighted by atomic mass is 9.85. The van der Waals surface area contributed by atoms with E-state index in [0.717, 1.165) is 52.9 Å². The van der Waals surface area contributed by atoms with E-state index in [4.69, 9.17) is 15.2 Å². The molecule has 8 nitrogen and oxygen atoms in total. The van der Waals surface area contributed by atoms with Crippen molar-refractivity contribution in [3.8, 4) is 11.3 Å². The highest BCUT2D eigenvalue weighted by molar-refractivity contribution is 5.95. The molecule has 1 fully saturated rings. The zero-order chi connectivity index (χ0) is 24.2. The van der Waals surface area contributed by atoms with Crippen molar-refractivity contribution < 1.29 is 19.4 Å². The first-order valence-corrected chi connectivity index (χ1v) is 12.0. The lowest BCUT2D eigenvalue weighted by Gasteiger charge is -2.39. The van der Waals surface area contributed by atoms with Crippen LogP contribution in [-0.2, 0) is 35.8 Å². The van der Waals surface area contributed by atoms with E-state index in [1.54, 1.807) is 12.5 Å². The molecule has 0 radical (unpaired) electrons. The number of hydrogen-bond acceptors (Lipinski definition) is 6. The topological polar surface area (TPSA) is 112 Å². The van der Waals surface area contributed by atoms with Crippen molar-refractivity contribution in [2.24, 2.45) is 12.8 Å². The van der Waals surface area contributed by atoms with E-state index >= 15 is 0 Å². The van der Waals surface area contributed by atoms with Gasteiger partial charge in [0.15, 0.2) is 11.5 Å². The van der Waals surface area contributed by atoms with Crippen LogP contribution in [0.3, 0.4) is 0 Å². The molecule has 0 unspecified atom stereocenters. The minimum absolute atomic E-state index is 0.391. The Balaban J connectivity index is 1.39. The van der Waals surface area contributed by atoms with Crippen molar-refractivity contribution in [2.75, 3.05) is 13.1 Å². The first-order chi connectivity index (χ1) is 16.9. The molecule has 2 aliphatic carbocycles. The number of nitrogens with one attached hydrogen (secondary N) is 1. The summed E-state index contributed by atoms with van der Waals surface area (Å²) in [7, 11) is 1.94. The maximum Gasteiger partial charge on any atom is 0.337 e. The van der Waals surface area contributed by atoms with Crippen LogP contribution in [0, 0.1) is 0 Å². The standard InChI is InChI=1S/C27H28N4O4/c1-31-21(10-27(28)14-29-15-27)24(26(32)33)18-8-7-17-11-30-20(9-19(17)25(18)31)23-13-34-12-22(35-23)16-5-3-2-4-6-16/h2-3,5,9,11-13,29H,4,6-8,10,14-15,28H2,1H3,(H,32,33). The van der Waals surface area contributed by atoms with Crippen LogP contribution < -0.4 is 11.1 Å². The van der Waals surface area contributed by atoms with Crippen molar-refractivity contribution in [3.05, 3.63) is 82.4 Å². The molecule has 180 valence electrons. The van der Waals surface area contributed by atoms with E-state index in [9.17, 15) is 9.90 Å². The summed E-state index contributed by atoms with van der Waals surface area (Å²) in [5, 5.41) is 13.3. The number of aromatic carboxylic acids is 1. The molecule has 0 atom stereocenters. The molecule has 4 heterocycles. The monoisotopic (exact) mass is 472 g/mol. The zero-order valence-corrected chi connectivity index (χ0v) is 19.6. The number of aryl methyl sites for hydroxylation is 1. The molecule has 0 amide bonds. The SMILES string of the molecule is Cn1c(CC2(N)CNC2)c(C(=O)O)c2c1-c1cc(C3=COC=C(C4=CC=CCC4)O3)ncc1CC2. The van der Waals surface area contributed by atoms with Crippen LogP contribution in [0.2, 0.25) is 0 Å². The fraction of sp³-hybridized carbons (Fsp3) is 0.333. The Labute approximate surface area is 203 Å². The summed E-state index contributed by atoms with van der Waals surface area (Å²) >= 11 is 0. The molecular weight excluding hydrogens is 444 g/mol. The maximum absolute atomic E-state index is 12.4. The molecule has 2 aromatic heterocycles. The third-order valence-electron chi connectivity index (χ3n) is 7.34. The van der Waals surface area contributed by atoms with Crippen LogP contribution >= 0.6 is 0 Å². The van der Waals surface area contributed by atoms with E-state index in [1.165, 1.54) is 0 Å². The van der Waals surface area contributed by atoms with Crippen LogP contribution in [0.25, 0.3) is 17.0 Å². The van der Waals surface area contributed by atoms with Gasteiger partial charge in [-0.05, 0) is 48.4 Å². The van der Waals surface area contributed by atoms with E-state index in [0.29, 0.717) is 48.7 Å². The fourth-order valence-electron chi connectivity index (χ4n) is 5.43. The summed E-state index contributed by atoms with van der Waals surface area (Å²) in [6, 6.07) is 1.99. The molecule has 1 saturated heterocycles. The smallest absolute Gasteiger partial charge is 0.337 e. The van der Waals surface area contributed by atoms with Crippen LogP contribution in [0.15, 0.2) is 54.3 Å². The molecule has 4 N–H and O–H groups in total. The normalized spacial score (nSPS) is 19.8. The zero-order valence-electron chi connectivity index (χ0n) is 19.6. The lowest BCUT2D eigenvalue weighted by Crippen LogP contribution is -2.67. The minimum atomic E-state index is -0.901. The van der Waals surface area contributed by atoms with Crippen LogP contribution in [0.5, 0.6) is 0 Å². The summed E-state index contributed by atoms with van der Waals surface area (Å²) in [6.45, 7) is 1.36. The van der Waals surface area contributed by atoms with E-state index in [2.05, 4.69) is 16.4 Å². The maximum atomic E-state index is 12.4. The van der Waals surface area contributed by atoms with E-state index in [-0.39, 0.29) is 0 Å². The number of carboxylic acid groups (broad SMARTS) is 1. The van der Waals surface area contributed by atoms with Gasteiger partial charge in [0.05, 0.1) is 11.3 Å². The number of nitrogens with two attached hydrogens (primary N) is 1. The highest BCUT2D eigenvalue weighted by Gasteiger charge is 2.38. The largest absolute Gasteiger partial charge is 0.478 e. The molecule has 0 saturated carbocycles. The molecule has 2 aliphatic heterocycles. The van der Waals surface area contributed by atoms with Crippen LogP contribution in [0.1, 0.15) is 45.7 Å². The molecule has 0 aromatic carbocycles. The van der Waals surface area contributed by atoms with Crippen LogP contribution in [0.4, 0.5) is 0 Å². The van der Waals surface area contributed by atoms with Gasteiger partial charge in [-0.1, -0.05) is 18.2 Å². The second-order valence-corrected chi connectivity index (χ2v) is 9.74. The van der Waals surface area contributed by atoms with Gasteiger partial charge in [0, 0.05) is 49.6 Å². The number of allylic oxidation sites excluding steroid dienone is 4. The van der Waals surface area contributed by atoms with Gasteiger partial charge in [-0.15, -0.1) is 0 Å². The molecule has 2 aromatic rings. The van der Waals surface area contributed by atoms with Gasteiger partial charge in [0.2, 0.25) is 0 Å². The number of pyridine rings is 1. The van der Waals surface area contributed by atoms with Crippen molar-refractivity contribution >= 4 is 11.7 Å². The fourth-order valence-corrected chi connectivity index (χ4v) is 5.43. The molecule has 0 spiro atoms. The highest BCUT2D eigenvalue weighted by Crippen LogP contribution is 2.40. The Kier molecular flexibility index (Phi) is 5.16. The lowest BCUT2D eigenvalue weighted by molar-refractivity contribution is 0.0693. The Hall–Kier alpha value is -3.62. The van der Waals surface area contributed by atoms with E-state index < -0.39 is 11.5 Å². The third-order valence-corrected chi connectivity index (χ3v) is 7.34. The van der Waals surface area contributed by atoms with Gasteiger partial charge < -0.3 is 30.2 Å². The molecule has 8 heteroatoms. The minimum Gasteiger partial charge on any atom is -0.478 e. The van der Waals surface area contributed by atoms with Crippen LogP contribution in [-0.4, -0.2) is 39.3 Å². The average molecular weight is 473 g/mol. The predicted octanol–water partition coefficient (Wildman–Crippen LogP) is 3.19. The summed E-state index contributed by atoms with van der Waals surface area (Å²) < 4.78 is 13.8. The Morgan fingerprint density at radius 3 is 2.80 bits per heavy atom. The van der Waals surface area contributed by atoms with Gasteiger partial charge >= 0.3 is 5.97 Å². The predicted molar refractivity (Wildman–Crippen MR) is 131 cm³/mol. The van der Waals surface area contributed by atoms with Crippen molar-refractivity contribution in [1.82, 2.24) is 14.9 Å². The summed E-state index contributed by atoms with van der Waals surface area (Å²) in [6.07, 6.45) is 15.0. The summed E-state index contributed by atoms with van der Waals surface area (Å²) in [5.41, 5.74) is 12.8. The number of nitrogens with zero attached hydrogens (tertiary/aromatic N) is 2. The van der Waals surface area contributed by atoms with Gasteiger partial charge in [-0.3, -0.25) is 4.98 Å². The number of ether oxygens (including phenoxy) is 2. The van der Waals surface area contributed by atoms with Crippen molar-refractivity contribution in [3.63, 3.8) is 0 Å². The summed E-state index contributed by atoms with van der Waals surface area (Å²) in [4.78, 5) is 17.0. The van der Waals surface area contributed by atoms with Gasteiger partial charge in [0.25, 0.3) is 0 Å². The summed E-state index contributed by atoms with van der Waals surface area (Å²) in [5.74, 6) is 0.313. The van der Waals surface area contributed by atoms with E-state index in [1.807, 2.05) is 36.0 Å². The number of rotatable bonds is 5. The molecule has 4 aliphatic rings. The highest BCUT2D eigenvalue weighted by atomic mass is 16.5. The number of fused-ring (bicyclic) bond motifs is 3. The Morgan fingerprint density at radius 2 is 2.09 bits per heavy atom. The van der Waals surface area contributed by atoms with Gasteiger partial charge in [-0.25, -0.2) is 4.79 Å². The van der Waals surface area contributed by atoms with Gasteiger partial charge in [0.1, 0.15) is 18.2 Å². The van der Waals surface area contributed by atoms with Crippen molar-refractivity contribution in [1.29, 1.82) is 0 Å². The second-order valence-electron chi connectivity index (χ2n) is 9.74. The molecule has 0 bridgehead atoms. The third kappa shape index (κ3) is 3.69. The number of hydrogen-bond donors (Lipinski definition) is 3. The van der Waals surface area contributed by atoms with Crippen molar-refractivity contribution in [2.45, 2.75) is 37.6 Å². The Bertz CT molecular complexity index is 1360.